The van der Waals surface area contributed by atoms with E-state index in [0.717, 1.165) is 42.1 Å². The second kappa shape index (κ2) is 12.6. The van der Waals surface area contributed by atoms with E-state index < -0.39 is 0 Å². The Hall–Kier alpha value is -5.26. The number of hydrogen-bond acceptors (Lipinski definition) is 4. The van der Waals surface area contributed by atoms with Gasteiger partial charge in [0.1, 0.15) is 11.7 Å². The molecule has 5 heteroatoms. The molecule has 3 heterocycles. The van der Waals surface area contributed by atoms with Crippen molar-refractivity contribution in [2.75, 3.05) is 0 Å². The van der Waals surface area contributed by atoms with Crippen molar-refractivity contribution in [3.8, 4) is 0 Å². The van der Waals surface area contributed by atoms with E-state index in [1.165, 1.54) is 66.1 Å². The Labute approximate surface area is 333 Å². The van der Waals surface area contributed by atoms with Crippen LogP contribution in [0.4, 0.5) is 0 Å². The van der Waals surface area contributed by atoms with E-state index in [4.69, 9.17) is 9.98 Å². The summed E-state index contributed by atoms with van der Waals surface area (Å²) in [5.74, 6) is 2.94. The van der Waals surface area contributed by atoms with E-state index in [9.17, 15) is 0 Å². The van der Waals surface area contributed by atoms with Gasteiger partial charge in [-0.25, -0.2) is 9.98 Å². The number of para-hydroxylation sites is 1. The molecular weight excluding hydrogens is 701 g/mol. The van der Waals surface area contributed by atoms with Crippen molar-refractivity contribution in [1.29, 1.82) is 0 Å². The summed E-state index contributed by atoms with van der Waals surface area (Å²) in [5.41, 5.74) is 9.78. The number of allylic oxidation sites excluding steroid dienone is 7. The molecule has 0 radical (unpaired) electrons. The van der Waals surface area contributed by atoms with Gasteiger partial charge in [-0.2, -0.15) is 0 Å². The summed E-state index contributed by atoms with van der Waals surface area (Å²) in [4.78, 5) is 12.0. The smallest absolute Gasteiger partial charge is 0.169 e. The predicted octanol–water partition coefficient (Wildman–Crippen LogP) is 11.2. The van der Waals surface area contributed by atoms with E-state index in [1.54, 1.807) is 5.57 Å². The van der Waals surface area contributed by atoms with Crippen LogP contribution in [0.5, 0.6) is 0 Å². The number of nitrogens with zero attached hydrogens (tertiary/aromatic N) is 3. The van der Waals surface area contributed by atoms with Crippen LogP contribution in [0.2, 0.25) is 0 Å². The third kappa shape index (κ3) is 5.30. The zero-order valence-electron chi connectivity index (χ0n) is 32.7. The zero-order chi connectivity index (χ0) is 37.8. The Bertz CT molecular complexity index is 2830. The standard InChI is InChI=1S/C51H48N4S/c1-50(2)27-28-51(3,4)45-40(50)25-26-42-44(45)38-16-8-10-19-41(38)55(42)35-24-23-32-29-34(22-21-33(32)30-35)48-52-47(31-13-6-5-7-14-31)53-49(54-48)39-18-12-17-37-36-15-9-11-20-43(36)56-46(37)39/h5-17,19-24,26,29,33,39-40,47H,18,25,27-28,30H2,1-4H3,(H,52,53,54). The van der Waals surface area contributed by atoms with Gasteiger partial charge in [0.15, 0.2) is 6.17 Å². The monoisotopic (exact) mass is 748 g/mol. The summed E-state index contributed by atoms with van der Waals surface area (Å²) in [5, 5.41) is 9.44. The maximum absolute atomic E-state index is 5.32. The minimum Gasteiger partial charge on any atom is -0.328 e. The van der Waals surface area contributed by atoms with Crippen LogP contribution in [0, 0.1) is 22.7 Å². The molecule has 3 aromatic carbocycles. The minimum atomic E-state index is -0.299. The number of rotatable bonds is 4. The molecule has 4 unspecified atom stereocenters. The number of hydrogen-bond donors (Lipinski definition) is 1. The maximum Gasteiger partial charge on any atom is 0.169 e. The van der Waals surface area contributed by atoms with Crippen LogP contribution in [0.1, 0.15) is 87.9 Å². The molecule has 5 aliphatic carbocycles. The van der Waals surface area contributed by atoms with Crippen LogP contribution < -0.4 is 15.9 Å². The first-order chi connectivity index (χ1) is 27.2. The lowest BCUT2D eigenvalue weighted by Gasteiger charge is -2.49. The number of thiophene rings is 1. The van der Waals surface area contributed by atoms with Crippen molar-refractivity contribution in [2.45, 2.75) is 71.9 Å². The molecule has 1 saturated carbocycles. The lowest BCUT2D eigenvalue weighted by Crippen LogP contribution is -2.46. The van der Waals surface area contributed by atoms with Gasteiger partial charge in [0.2, 0.25) is 0 Å². The van der Waals surface area contributed by atoms with Crippen LogP contribution in [-0.2, 0) is 0 Å². The topological polar surface area (TPSA) is 41.7 Å². The van der Waals surface area contributed by atoms with Crippen molar-refractivity contribution < 1.29 is 0 Å². The summed E-state index contributed by atoms with van der Waals surface area (Å²) >= 11 is 1.90. The summed E-state index contributed by atoms with van der Waals surface area (Å²) in [6.45, 7) is 9.98. The van der Waals surface area contributed by atoms with Crippen molar-refractivity contribution in [3.05, 3.63) is 153 Å². The average molecular weight is 749 g/mol. The van der Waals surface area contributed by atoms with E-state index in [-0.39, 0.29) is 17.5 Å². The molecule has 1 N–H and O–H groups in total. The molecule has 5 aromatic rings. The molecule has 0 bridgehead atoms. The molecule has 4 atom stereocenters. The highest BCUT2D eigenvalue weighted by Gasteiger charge is 2.45. The Morgan fingerprint density at radius 3 is 2.50 bits per heavy atom. The molecule has 2 aromatic heterocycles. The van der Waals surface area contributed by atoms with Gasteiger partial charge in [-0.15, -0.1) is 11.3 Å². The molecule has 56 heavy (non-hydrogen) atoms. The van der Waals surface area contributed by atoms with Gasteiger partial charge in [0.05, 0.1) is 11.4 Å². The molecule has 1 fully saturated rings. The SMILES string of the molecule is CC1(C)CCC(C)(C)C2CC=c3c(c4ccccc4n3C3=CC=C4C=C(C5=NC(c6ccccc6)N=C(C6CC=Cc7c6sc6ccccc76)N5)C=CC4C3)=C21. The lowest BCUT2D eigenvalue weighted by molar-refractivity contribution is 0.160. The Balaban J connectivity index is 0.977. The van der Waals surface area contributed by atoms with Gasteiger partial charge in [0.25, 0.3) is 0 Å². The van der Waals surface area contributed by atoms with Crippen LogP contribution in [0.3, 0.4) is 0 Å². The quantitative estimate of drug-likeness (QED) is 0.195. The highest BCUT2D eigenvalue weighted by molar-refractivity contribution is 7.19. The third-order valence-electron chi connectivity index (χ3n) is 13.7. The van der Waals surface area contributed by atoms with Crippen molar-refractivity contribution >= 4 is 67.4 Å². The van der Waals surface area contributed by atoms with Gasteiger partial charge in [-0.05, 0) is 95.2 Å². The van der Waals surface area contributed by atoms with Crippen LogP contribution in [0.15, 0.2) is 136 Å². The maximum atomic E-state index is 5.32. The molecule has 0 spiro atoms. The normalized spacial score (nSPS) is 25.7. The van der Waals surface area contributed by atoms with Crippen molar-refractivity contribution in [1.82, 2.24) is 9.88 Å². The van der Waals surface area contributed by atoms with Gasteiger partial charge in [-0.3, -0.25) is 0 Å². The predicted molar refractivity (Wildman–Crippen MR) is 237 cm³/mol. The first-order valence-electron chi connectivity index (χ1n) is 20.5. The largest absolute Gasteiger partial charge is 0.328 e. The lowest BCUT2D eigenvalue weighted by atomic mass is 9.55. The highest BCUT2D eigenvalue weighted by atomic mass is 32.1. The summed E-state index contributed by atoms with van der Waals surface area (Å²) in [7, 11) is 0. The van der Waals surface area contributed by atoms with Crippen LogP contribution in [-0.4, -0.2) is 16.2 Å². The molecule has 1 aliphatic heterocycles. The Morgan fingerprint density at radius 2 is 1.62 bits per heavy atom. The van der Waals surface area contributed by atoms with E-state index >= 15 is 0 Å². The number of aromatic nitrogens is 1. The van der Waals surface area contributed by atoms with E-state index in [0.29, 0.717) is 17.3 Å². The molecular formula is C51H48N4S. The van der Waals surface area contributed by atoms with Gasteiger partial charge >= 0.3 is 0 Å². The molecule has 278 valence electrons. The first-order valence-corrected chi connectivity index (χ1v) is 21.4. The second-order valence-electron chi connectivity index (χ2n) is 18.0. The fraction of sp³-hybridized carbons (Fsp3) is 0.294. The van der Waals surface area contributed by atoms with Gasteiger partial charge < -0.3 is 9.88 Å². The fourth-order valence-electron chi connectivity index (χ4n) is 10.6. The van der Waals surface area contributed by atoms with E-state index in [1.807, 2.05) is 11.3 Å². The minimum absolute atomic E-state index is 0.155. The Kier molecular flexibility index (Phi) is 7.67. The van der Waals surface area contributed by atoms with Gasteiger partial charge in [-0.1, -0.05) is 136 Å². The van der Waals surface area contributed by atoms with Crippen LogP contribution >= 0.6 is 11.3 Å². The molecule has 0 saturated heterocycles. The first kappa shape index (κ1) is 34.0. The number of nitrogens with one attached hydrogen (secondary N) is 1. The average Bonchev–Trinajstić information content (AvgIpc) is 3.78. The third-order valence-corrected chi connectivity index (χ3v) is 15.0. The number of aliphatic imine (C=N–C) groups is 2. The summed E-state index contributed by atoms with van der Waals surface area (Å²) in [6, 6.07) is 28.5. The summed E-state index contributed by atoms with van der Waals surface area (Å²) < 4.78 is 3.93. The Morgan fingerprint density at radius 1 is 0.821 bits per heavy atom. The van der Waals surface area contributed by atoms with Crippen LogP contribution in [0.25, 0.3) is 44.4 Å². The van der Waals surface area contributed by atoms with Gasteiger partial charge in [0, 0.05) is 42.7 Å². The molecule has 4 nitrogen and oxygen atoms in total. The number of amidine groups is 2. The van der Waals surface area contributed by atoms with E-state index in [2.05, 4.69) is 165 Å². The fourth-order valence-corrected chi connectivity index (χ4v) is 11.9. The molecule has 11 rings (SSSR count). The highest BCUT2D eigenvalue weighted by Crippen LogP contribution is 2.55. The molecule has 0 amide bonds. The number of benzene rings is 3. The van der Waals surface area contributed by atoms with Crippen molar-refractivity contribution in [2.24, 2.45) is 32.7 Å². The second-order valence-corrected chi connectivity index (χ2v) is 19.0. The number of fused-ring (bicyclic) bond motifs is 8. The zero-order valence-corrected chi connectivity index (χ0v) is 33.5. The summed E-state index contributed by atoms with van der Waals surface area (Å²) in [6.07, 6.45) is 24.2. The molecule has 6 aliphatic rings. The van der Waals surface area contributed by atoms with Crippen molar-refractivity contribution in [3.63, 3.8) is 0 Å².